The summed E-state index contributed by atoms with van der Waals surface area (Å²) in [6, 6.07) is 0. The summed E-state index contributed by atoms with van der Waals surface area (Å²) in [7, 11) is 0. The number of aliphatic hydroxyl groups is 1. The summed E-state index contributed by atoms with van der Waals surface area (Å²) in [6.45, 7) is 0. The number of alkyl halides is 8. The molecular weight excluding hydrogens is 429 g/mol. The van der Waals surface area contributed by atoms with Crippen LogP contribution < -0.4 is 0 Å². The molecule has 0 aromatic heterocycles. The Labute approximate surface area is 159 Å². The molecule has 1 saturated carbocycles. The normalized spacial score (nSPS) is 18.9. The minimum absolute atomic E-state index is 0.166. The summed E-state index contributed by atoms with van der Waals surface area (Å²) < 4.78 is 143. The van der Waals surface area contributed by atoms with Gasteiger partial charge in [0.15, 0.2) is 0 Å². The van der Waals surface area contributed by atoms with Crippen molar-refractivity contribution in [3.63, 3.8) is 0 Å². The largest absolute Gasteiger partial charge is 0.426 e. The number of hydrogen-bond donors (Lipinski definition) is 1. The molecule has 0 saturated heterocycles. The minimum Gasteiger partial charge on any atom is -0.374 e. The first kappa shape index (κ1) is 25.7. The van der Waals surface area contributed by atoms with Gasteiger partial charge in [-0.1, -0.05) is 31.4 Å². The van der Waals surface area contributed by atoms with Crippen LogP contribution in [0.1, 0.15) is 44.9 Å². The molecule has 1 nitrogen and oxygen atoms in total. The van der Waals surface area contributed by atoms with E-state index in [1.807, 2.05) is 0 Å². The molecule has 0 spiro atoms. The fourth-order valence-corrected chi connectivity index (χ4v) is 3.18. The Hall–Kier alpha value is -1.33. The Bertz CT molecular complexity index is 579. The average molecular weight is 448 g/mol. The molecule has 0 aliphatic heterocycles. The topological polar surface area (TPSA) is 20.2 Å². The van der Waals surface area contributed by atoms with Crippen molar-refractivity contribution in [3.8, 4) is 0 Å². The molecule has 1 N–H and O–H groups in total. The maximum absolute atomic E-state index is 14.0. The molecule has 29 heavy (non-hydrogen) atoms. The fraction of sp³-hybridized carbons (Fsp3) is 0.765. The molecule has 170 valence electrons. The maximum Gasteiger partial charge on any atom is 0.426 e. The van der Waals surface area contributed by atoms with Crippen LogP contribution in [0.3, 0.4) is 0 Å². The quantitative estimate of drug-likeness (QED) is 0.326. The van der Waals surface area contributed by atoms with Crippen LogP contribution in [0.4, 0.5) is 48.3 Å². The van der Waals surface area contributed by atoms with Gasteiger partial charge in [-0.2, -0.15) is 48.3 Å². The van der Waals surface area contributed by atoms with E-state index in [1.165, 1.54) is 6.08 Å². The molecule has 0 aromatic carbocycles. The predicted octanol–water partition coefficient (Wildman–Crippen LogP) is 7.09. The van der Waals surface area contributed by atoms with Crippen LogP contribution in [0.5, 0.6) is 0 Å². The van der Waals surface area contributed by atoms with Crippen molar-refractivity contribution < 1.29 is 53.4 Å². The zero-order valence-corrected chi connectivity index (χ0v) is 14.9. The van der Waals surface area contributed by atoms with E-state index in [1.54, 1.807) is 0 Å². The maximum atomic E-state index is 14.0. The first-order valence-corrected chi connectivity index (χ1v) is 8.65. The Balaban J connectivity index is 3.25. The zero-order chi connectivity index (χ0) is 22.7. The first-order valence-electron chi connectivity index (χ1n) is 8.65. The van der Waals surface area contributed by atoms with Crippen molar-refractivity contribution in [3.05, 3.63) is 24.1 Å². The third kappa shape index (κ3) is 6.08. The molecule has 12 heteroatoms. The van der Waals surface area contributed by atoms with Gasteiger partial charge in [-0.05, 0) is 25.2 Å². The van der Waals surface area contributed by atoms with Gasteiger partial charge in [0, 0.05) is 12.3 Å². The second kappa shape index (κ2) is 9.22. The number of rotatable bonds is 7. The van der Waals surface area contributed by atoms with E-state index < -0.39 is 54.5 Å². The Morgan fingerprint density at radius 2 is 1.34 bits per heavy atom. The molecular formula is C17H19F11O. The molecule has 0 aromatic rings. The smallest absolute Gasteiger partial charge is 0.374 e. The van der Waals surface area contributed by atoms with Gasteiger partial charge >= 0.3 is 24.4 Å². The highest BCUT2D eigenvalue weighted by atomic mass is 19.4. The van der Waals surface area contributed by atoms with E-state index in [-0.39, 0.29) is 5.92 Å². The lowest BCUT2D eigenvalue weighted by Crippen LogP contribution is -2.59. The van der Waals surface area contributed by atoms with Crippen LogP contribution in [-0.2, 0) is 0 Å². The van der Waals surface area contributed by atoms with Gasteiger partial charge in [-0.15, -0.1) is 0 Å². The van der Waals surface area contributed by atoms with E-state index in [0.29, 0.717) is 12.8 Å². The molecule has 1 rings (SSSR count). The highest BCUT2D eigenvalue weighted by Gasteiger charge is 2.72. The molecule has 0 heterocycles. The van der Waals surface area contributed by atoms with E-state index in [0.717, 1.165) is 25.3 Å². The van der Waals surface area contributed by atoms with Crippen molar-refractivity contribution in [2.75, 3.05) is 0 Å². The zero-order valence-electron chi connectivity index (χ0n) is 14.9. The number of halogens is 11. The summed E-state index contributed by atoms with van der Waals surface area (Å²) in [5.74, 6) is -12.2. The van der Waals surface area contributed by atoms with E-state index in [2.05, 4.69) is 0 Å². The molecule has 1 fully saturated rings. The monoisotopic (exact) mass is 448 g/mol. The lowest BCUT2D eigenvalue weighted by atomic mass is 9.82. The van der Waals surface area contributed by atoms with Crippen LogP contribution in [0.25, 0.3) is 0 Å². The highest BCUT2D eigenvalue weighted by Crippen LogP contribution is 2.51. The van der Waals surface area contributed by atoms with Gasteiger partial charge in [0.2, 0.25) is 5.83 Å². The van der Waals surface area contributed by atoms with Crippen molar-refractivity contribution in [1.82, 2.24) is 0 Å². The Kier molecular flexibility index (Phi) is 8.17. The summed E-state index contributed by atoms with van der Waals surface area (Å²) in [5, 5.41) is 9.15. The average Bonchev–Trinajstić information content (AvgIpc) is 2.58. The molecule has 0 radical (unpaired) electrons. The standard InChI is InChI=1S/C17H19F11O/c18-12(13(19)20)15(21,22)11(8-4-7-10-5-2-1-3-6-10)9-14(29,16(23,24)25)17(26,27)28/h4,7,10-11,29H,1-3,5-6,8-9H2/b7-4+. The molecule has 1 atom stereocenters. The third-order valence-corrected chi connectivity index (χ3v) is 4.93. The second-order valence-corrected chi connectivity index (χ2v) is 7.02. The number of hydrogen-bond acceptors (Lipinski definition) is 1. The first-order chi connectivity index (χ1) is 13.0. The number of allylic oxidation sites excluding steroid dienone is 3. The van der Waals surface area contributed by atoms with E-state index in [9.17, 15) is 48.3 Å². The van der Waals surface area contributed by atoms with Crippen LogP contribution in [0.15, 0.2) is 24.1 Å². The van der Waals surface area contributed by atoms with Crippen molar-refractivity contribution in [2.45, 2.75) is 68.8 Å². The second-order valence-electron chi connectivity index (χ2n) is 7.02. The predicted molar refractivity (Wildman–Crippen MR) is 80.8 cm³/mol. The summed E-state index contributed by atoms with van der Waals surface area (Å²) in [5.41, 5.74) is -5.63. The summed E-state index contributed by atoms with van der Waals surface area (Å²) in [6.07, 6.45) is -14.7. The summed E-state index contributed by atoms with van der Waals surface area (Å²) in [4.78, 5) is 0. The van der Waals surface area contributed by atoms with Crippen molar-refractivity contribution in [2.24, 2.45) is 11.8 Å². The molecule has 1 aliphatic carbocycles. The third-order valence-electron chi connectivity index (χ3n) is 4.93. The van der Waals surface area contributed by atoms with Crippen molar-refractivity contribution >= 4 is 0 Å². The van der Waals surface area contributed by atoms with E-state index >= 15 is 0 Å². The van der Waals surface area contributed by atoms with Gasteiger partial charge in [0.05, 0.1) is 0 Å². The van der Waals surface area contributed by atoms with Gasteiger partial charge < -0.3 is 5.11 Å². The van der Waals surface area contributed by atoms with Gasteiger partial charge in [-0.3, -0.25) is 0 Å². The lowest BCUT2D eigenvalue weighted by Gasteiger charge is -2.36. The summed E-state index contributed by atoms with van der Waals surface area (Å²) >= 11 is 0. The molecule has 0 bridgehead atoms. The van der Waals surface area contributed by atoms with Crippen LogP contribution >= 0.6 is 0 Å². The lowest BCUT2D eigenvalue weighted by molar-refractivity contribution is -0.375. The van der Waals surface area contributed by atoms with Crippen LogP contribution in [-0.4, -0.2) is 29.0 Å². The minimum atomic E-state index is -6.44. The Morgan fingerprint density at radius 3 is 1.76 bits per heavy atom. The molecule has 0 amide bonds. The Morgan fingerprint density at radius 1 is 0.862 bits per heavy atom. The van der Waals surface area contributed by atoms with Crippen LogP contribution in [0.2, 0.25) is 0 Å². The van der Waals surface area contributed by atoms with Crippen LogP contribution in [0, 0.1) is 11.8 Å². The fourth-order valence-electron chi connectivity index (χ4n) is 3.18. The molecule has 1 unspecified atom stereocenters. The van der Waals surface area contributed by atoms with Gasteiger partial charge in [0.1, 0.15) is 0 Å². The highest BCUT2D eigenvalue weighted by molar-refractivity contribution is 5.11. The SMILES string of the molecule is OC(CC(C/C=C/C1CCCCC1)C(F)(F)C(F)=C(F)F)(C(F)(F)F)C(F)(F)F. The molecule has 1 aliphatic rings. The van der Waals surface area contributed by atoms with Crippen molar-refractivity contribution in [1.29, 1.82) is 0 Å². The van der Waals surface area contributed by atoms with Gasteiger partial charge in [-0.25, -0.2) is 0 Å². The van der Waals surface area contributed by atoms with E-state index in [4.69, 9.17) is 5.11 Å². The van der Waals surface area contributed by atoms with Gasteiger partial charge in [0.25, 0.3) is 5.60 Å².